The smallest absolute Gasteiger partial charge is 0.119 e. The van der Waals surface area contributed by atoms with Gasteiger partial charge in [0.25, 0.3) is 0 Å². The Kier molecular flexibility index (Phi) is 4.06. The highest BCUT2D eigenvalue weighted by atomic mass is 35.5. The van der Waals surface area contributed by atoms with Crippen LogP contribution < -0.4 is 4.74 Å². The fraction of sp³-hybridized carbons (Fsp3) is 0.400. The number of hydrogen-bond acceptors (Lipinski definition) is 2. The SMILES string of the molecule is Cc1cccc(OCCN(C)Cl)c1. The van der Waals surface area contributed by atoms with Crippen molar-refractivity contribution in [3.05, 3.63) is 29.8 Å². The van der Waals surface area contributed by atoms with Gasteiger partial charge in [-0.15, -0.1) is 0 Å². The predicted octanol–water partition coefficient (Wildman–Crippen LogP) is 2.46. The van der Waals surface area contributed by atoms with E-state index in [1.54, 1.807) is 11.5 Å². The summed E-state index contributed by atoms with van der Waals surface area (Å²) in [5.41, 5.74) is 1.21. The molecule has 13 heavy (non-hydrogen) atoms. The first-order valence-electron chi connectivity index (χ1n) is 4.25. The normalized spacial score (nSPS) is 10.5. The molecule has 72 valence electrons. The lowest BCUT2D eigenvalue weighted by molar-refractivity contribution is 0.291. The molecule has 0 bridgehead atoms. The minimum absolute atomic E-state index is 0.615. The van der Waals surface area contributed by atoms with E-state index in [2.05, 4.69) is 0 Å². The van der Waals surface area contributed by atoms with Crippen molar-refractivity contribution < 1.29 is 4.74 Å². The Morgan fingerprint density at radius 1 is 1.46 bits per heavy atom. The lowest BCUT2D eigenvalue weighted by atomic mass is 10.2. The third-order valence-corrected chi connectivity index (χ3v) is 1.83. The van der Waals surface area contributed by atoms with Gasteiger partial charge in [0.15, 0.2) is 0 Å². The van der Waals surface area contributed by atoms with Crippen LogP contribution in [-0.2, 0) is 0 Å². The summed E-state index contributed by atoms with van der Waals surface area (Å²) in [5.74, 6) is 0.901. The maximum Gasteiger partial charge on any atom is 0.119 e. The Morgan fingerprint density at radius 3 is 2.85 bits per heavy atom. The number of nitrogens with zero attached hydrogens (tertiary/aromatic N) is 1. The highest BCUT2D eigenvalue weighted by Crippen LogP contribution is 2.11. The van der Waals surface area contributed by atoms with Crippen molar-refractivity contribution >= 4 is 11.8 Å². The summed E-state index contributed by atoms with van der Waals surface area (Å²) in [4.78, 5) is 0. The molecule has 0 saturated heterocycles. The second kappa shape index (κ2) is 5.10. The van der Waals surface area contributed by atoms with Crippen LogP contribution in [0, 0.1) is 6.92 Å². The van der Waals surface area contributed by atoms with E-state index in [9.17, 15) is 0 Å². The minimum Gasteiger partial charge on any atom is -0.492 e. The molecule has 1 aromatic rings. The van der Waals surface area contributed by atoms with E-state index in [0.717, 1.165) is 12.3 Å². The Bertz CT molecular complexity index is 263. The number of ether oxygens (including phenoxy) is 1. The second-order valence-electron chi connectivity index (χ2n) is 2.99. The molecule has 0 aliphatic heterocycles. The summed E-state index contributed by atoms with van der Waals surface area (Å²) in [7, 11) is 1.81. The third kappa shape index (κ3) is 4.15. The van der Waals surface area contributed by atoms with Gasteiger partial charge >= 0.3 is 0 Å². The van der Waals surface area contributed by atoms with Gasteiger partial charge in [0.05, 0.1) is 0 Å². The van der Waals surface area contributed by atoms with Crippen molar-refractivity contribution in [1.29, 1.82) is 0 Å². The molecule has 0 N–H and O–H groups in total. The van der Waals surface area contributed by atoms with Crippen LogP contribution in [0.2, 0.25) is 0 Å². The largest absolute Gasteiger partial charge is 0.492 e. The summed E-state index contributed by atoms with van der Waals surface area (Å²) < 4.78 is 7.05. The number of benzene rings is 1. The van der Waals surface area contributed by atoms with Crippen molar-refractivity contribution in [1.82, 2.24) is 4.42 Å². The second-order valence-corrected chi connectivity index (χ2v) is 3.57. The molecule has 1 aromatic carbocycles. The summed E-state index contributed by atoms with van der Waals surface area (Å²) in [5, 5.41) is 0. The Morgan fingerprint density at radius 2 is 2.23 bits per heavy atom. The topological polar surface area (TPSA) is 12.5 Å². The molecule has 0 atom stereocenters. The van der Waals surface area contributed by atoms with Crippen LogP contribution in [0.1, 0.15) is 5.56 Å². The first kappa shape index (κ1) is 10.4. The van der Waals surface area contributed by atoms with Gasteiger partial charge in [0.2, 0.25) is 0 Å². The molecule has 0 saturated carbocycles. The standard InChI is InChI=1S/C10H14ClNO/c1-9-4-3-5-10(8-9)13-7-6-12(2)11/h3-5,8H,6-7H2,1-2H3. The van der Waals surface area contributed by atoms with E-state index in [1.807, 2.05) is 31.2 Å². The molecule has 1 rings (SSSR count). The number of rotatable bonds is 4. The molecule has 0 aliphatic rings. The van der Waals surface area contributed by atoms with Crippen LogP contribution in [0.4, 0.5) is 0 Å². The lowest BCUT2D eigenvalue weighted by Gasteiger charge is -2.09. The van der Waals surface area contributed by atoms with E-state index in [-0.39, 0.29) is 0 Å². The quantitative estimate of drug-likeness (QED) is 0.691. The van der Waals surface area contributed by atoms with Gasteiger partial charge in [-0.05, 0) is 36.4 Å². The van der Waals surface area contributed by atoms with Crippen molar-refractivity contribution in [2.24, 2.45) is 0 Å². The fourth-order valence-corrected chi connectivity index (χ4v) is 1.06. The molecule has 3 heteroatoms. The number of likely N-dealkylation sites (N-methyl/N-ethyl adjacent to an activating group) is 1. The van der Waals surface area contributed by atoms with Crippen LogP contribution in [0.15, 0.2) is 24.3 Å². The average Bonchev–Trinajstić information content (AvgIpc) is 2.03. The van der Waals surface area contributed by atoms with Gasteiger partial charge in [-0.25, -0.2) is 4.42 Å². The molecule has 0 spiro atoms. The lowest BCUT2D eigenvalue weighted by Crippen LogP contribution is -2.14. The molecule has 0 unspecified atom stereocenters. The molecule has 2 nitrogen and oxygen atoms in total. The van der Waals surface area contributed by atoms with Gasteiger partial charge in [-0.1, -0.05) is 12.1 Å². The molecule has 0 fully saturated rings. The molecular formula is C10H14ClNO. The third-order valence-electron chi connectivity index (χ3n) is 1.66. The zero-order valence-corrected chi connectivity index (χ0v) is 8.71. The molecule has 0 radical (unpaired) electrons. The van der Waals surface area contributed by atoms with Crippen LogP contribution in [0.5, 0.6) is 5.75 Å². The summed E-state index contributed by atoms with van der Waals surface area (Å²) in [6.45, 7) is 3.37. The number of halogens is 1. The molecular weight excluding hydrogens is 186 g/mol. The fourth-order valence-electron chi connectivity index (χ4n) is 0.994. The van der Waals surface area contributed by atoms with E-state index >= 15 is 0 Å². The van der Waals surface area contributed by atoms with Crippen molar-refractivity contribution in [3.63, 3.8) is 0 Å². The van der Waals surface area contributed by atoms with Gasteiger partial charge in [0.1, 0.15) is 12.4 Å². The van der Waals surface area contributed by atoms with Gasteiger partial charge in [-0.2, -0.15) is 0 Å². The highest BCUT2D eigenvalue weighted by molar-refractivity contribution is 6.13. The molecule has 0 amide bonds. The van der Waals surface area contributed by atoms with Crippen molar-refractivity contribution in [3.8, 4) is 5.75 Å². The predicted molar refractivity (Wildman–Crippen MR) is 55.2 cm³/mol. The average molecular weight is 200 g/mol. The van der Waals surface area contributed by atoms with E-state index in [0.29, 0.717) is 6.61 Å². The van der Waals surface area contributed by atoms with Gasteiger partial charge in [0, 0.05) is 13.6 Å². The Balaban J connectivity index is 2.37. The Hall–Kier alpha value is -0.730. The van der Waals surface area contributed by atoms with E-state index in [1.165, 1.54) is 5.56 Å². The van der Waals surface area contributed by atoms with Gasteiger partial charge < -0.3 is 4.74 Å². The van der Waals surface area contributed by atoms with Crippen LogP contribution >= 0.6 is 11.8 Å². The van der Waals surface area contributed by atoms with Crippen LogP contribution in [-0.4, -0.2) is 24.6 Å². The summed E-state index contributed by atoms with van der Waals surface area (Å²) >= 11 is 5.63. The number of aryl methyl sites for hydroxylation is 1. The molecule has 0 heterocycles. The first-order chi connectivity index (χ1) is 6.18. The highest BCUT2D eigenvalue weighted by Gasteiger charge is 1.95. The molecule has 0 aliphatic carbocycles. The van der Waals surface area contributed by atoms with Gasteiger partial charge in [-0.3, -0.25) is 0 Å². The maximum atomic E-state index is 5.63. The summed E-state index contributed by atoms with van der Waals surface area (Å²) in [6, 6.07) is 7.98. The van der Waals surface area contributed by atoms with E-state index in [4.69, 9.17) is 16.5 Å². The first-order valence-corrected chi connectivity index (χ1v) is 4.58. The van der Waals surface area contributed by atoms with Crippen LogP contribution in [0.25, 0.3) is 0 Å². The summed E-state index contributed by atoms with van der Waals surface area (Å²) in [6.07, 6.45) is 0. The maximum absolute atomic E-state index is 5.63. The zero-order valence-electron chi connectivity index (χ0n) is 7.96. The minimum atomic E-state index is 0.615. The van der Waals surface area contributed by atoms with Crippen LogP contribution in [0.3, 0.4) is 0 Å². The van der Waals surface area contributed by atoms with E-state index < -0.39 is 0 Å². The van der Waals surface area contributed by atoms with Crippen molar-refractivity contribution in [2.45, 2.75) is 6.92 Å². The molecule has 0 aromatic heterocycles. The van der Waals surface area contributed by atoms with Crippen molar-refractivity contribution in [2.75, 3.05) is 20.2 Å². The monoisotopic (exact) mass is 199 g/mol. The number of hydrogen-bond donors (Lipinski definition) is 0. The zero-order chi connectivity index (χ0) is 9.68. The Labute approximate surface area is 84.2 Å².